The van der Waals surface area contributed by atoms with Gasteiger partial charge in [-0.3, -0.25) is 4.79 Å². The zero-order chi connectivity index (χ0) is 11.4. The maximum atomic E-state index is 12.0. The van der Waals surface area contributed by atoms with Crippen LogP contribution < -0.4 is 0 Å². The molecule has 0 aliphatic carbocycles. The van der Waals surface area contributed by atoms with Gasteiger partial charge in [-0.05, 0) is 30.5 Å². The summed E-state index contributed by atoms with van der Waals surface area (Å²) < 4.78 is 0. The molecular weight excluding hydrogens is 204 g/mol. The smallest absolute Gasteiger partial charge is 0.253 e. The Kier molecular flexibility index (Phi) is 3.08. The van der Waals surface area contributed by atoms with Crippen LogP contribution in [0.1, 0.15) is 23.2 Å². The number of benzene rings is 1. The van der Waals surface area contributed by atoms with Crippen molar-refractivity contribution in [3.05, 3.63) is 40.3 Å². The molecule has 1 saturated heterocycles. The highest BCUT2D eigenvalue weighted by molar-refractivity contribution is 5.95. The second-order valence-corrected chi connectivity index (χ2v) is 3.74. The van der Waals surface area contributed by atoms with E-state index in [1.807, 2.05) is 4.90 Å². The molecule has 1 aliphatic heterocycles. The summed E-state index contributed by atoms with van der Waals surface area (Å²) in [4.78, 5) is 16.5. The summed E-state index contributed by atoms with van der Waals surface area (Å²) in [5.41, 5.74) is 9.39. The largest absolute Gasteiger partial charge is 0.339 e. The highest BCUT2D eigenvalue weighted by Crippen LogP contribution is 2.18. The quantitative estimate of drug-likeness (QED) is 0.425. The topological polar surface area (TPSA) is 69.1 Å². The highest BCUT2D eigenvalue weighted by Gasteiger charge is 2.19. The minimum absolute atomic E-state index is 0.0208. The van der Waals surface area contributed by atoms with Crippen molar-refractivity contribution in [2.45, 2.75) is 12.8 Å². The van der Waals surface area contributed by atoms with E-state index in [4.69, 9.17) is 5.53 Å². The molecule has 1 aliphatic rings. The molecule has 0 saturated carbocycles. The van der Waals surface area contributed by atoms with Crippen molar-refractivity contribution in [1.29, 1.82) is 0 Å². The Morgan fingerprint density at radius 2 is 2.12 bits per heavy atom. The van der Waals surface area contributed by atoms with Crippen molar-refractivity contribution < 1.29 is 4.79 Å². The molecule has 1 aromatic carbocycles. The van der Waals surface area contributed by atoms with Gasteiger partial charge < -0.3 is 4.90 Å². The Balaban J connectivity index is 2.22. The summed E-state index contributed by atoms with van der Waals surface area (Å²) in [7, 11) is 0. The minimum Gasteiger partial charge on any atom is -0.339 e. The van der Waals surface area contributed by atoms with E-state index in [-0.39, 0.29) is 5.91 Å². The number of carbonyl (C=O) groups excluding carboxylic acids is 1. The molecular formula is C11H12N4O. The molecule has 0 N–H and O–H groups in total. The Labute approximate surface area is 93.3 Å². The summed E-state index contributed by atoms with van der Waals surface area (Å²) in [6.45, 7) is 1.65. The number of azide groups is 1. The lowest BCUT2D eigenvalue weighted by molar-refractivity contribution is 0.0793. The molecule has 1 heterocycles. The Hall–Kier alpha value is -2.00. The summed E-state index contributed by atoms with van der Waals surface area (Å²) in [5.74, 6) is 0.0208. The third-order valence-corrected chi connectivity index (χ3v) is 2.65. The first-order valence-electron chi connectivity index (χ1n) is 5.26. The average molecular weight is 216 g/mol. The fourth-order valence-corrected chi connectivity index (χ4v) is 1.86. The monoisotopic (exact) mass is 216 g/mol. The first-order valence-corrected chi connectivity index (χ1v) is 5.26. The molecule has 0 unspecified atom stereocenters. The molecule has 1 aromatic rings. The molecule has 0 bridgehead atoms. The van der Waals surface area contributed by atoms with E-state index in [0.717, 1.165) is 25.9 Å². The average Bonchev–Trinajstić information content (AvgIpc) is 2.82. The van der Waals surface area contributed by atoms with Crippen LogP contribution in [0.15, 0.2) is 29.4 Å². The van der Waals surface area contributed by atoms with Gasteiger partial charge in [0.1, 0.15) is 0 Å². The van der Waals surface area contributed by atoms with Crippen molar-refractivity contribution in [1.82, 2.24) is 4.90 Å². The second kappa shape index (κ2) is 4.68. The van der Waals surface area contributed by atoms with Gasteiger partial charge in [0, 0.05) is 29.3 Å². The van der Waals surface area contributed by atoms with E-state index >= 15 is 0 Å². The van der Waals surface area contributed by atoms with E-state index in [1.54, 1.807) is 24.3 Å². The zero-order valence-electron chi connectivity index (χ0n) is 8.83. The van der Waals surface area contributed by atoms with Crippen LogP contribution in [-0.2, 0) is 0 Å². The van der Waals surface area contributed by atoms with Crippen molar-refractivity contribution in [2.24, 2.45) is 5.11 Å². The second-order valence-electron chi connectivity index (χ2n) is 3.74. The van der Waals surface area contributed by atoms with Gasteiger partial charge in [0.05, 0.1) is 0 Å². The lowest BCUT2D eigenvalue weighted by Gasteiger charge is -2.15. The van der Waals surface area contributed by atoms with Crippen molar-refractivity contribution in [3.8, 4) is 0 Å². The molecule has 16 heavy (non-hydrogen) atoms. The Morgan fingerprint density at radius 1 is 1.38 bits per heavy atom. The van der Waals surface area contributed by atoms with Gasteiger partial charge in [-0.15, -0.1) is 0 Å². The van der Waals surface area contributed by atoms with Gasteiger partial charge in [0.2, 0.25) is 0 Å². The van der Waals surface area contributed by atoms with Crippen LogP contribution in [0.3, 0.4) is 0 Å². The fourth-order valence-electron chi connectivity index (χ4n) is 1.86. The highest BCUT2D eigenvalue weighted by atomic mass is 16.2. The SMILES string of the molecule is [N-]=[N+]=Nc1cccc(C(=O)N2CCCC2)c1. The number of hydrogen-bond acceptors (Lipinski definition) is 2. The normalized spacial score (nSPS) is 14.6. The molecule has 2 rings (SSSR count). The Morgan fingerprint density at radius 3 is 2.81 bits per heavy atom. The summed E-state index contributed by atoms with van der Waals surface area (Å²) in [6, 6.07) is 6.78. The van der Waals surface area contributed by atoms with Crippen LogP contribution in [0.5, 0.6) is 0 Å². The maximum absolute atomic E-state index is 12.0. The van der Waals surface area contributed by atoms with E-state index in [2.05, 4.69) is 10.0 Å². The minimum atomic E-state index is 0.0208. The number of amides is 1. The molecule has 5 heteroatoms. The van der Waals surface area contributed by atoms with Gasteiger partial charge in [0.15, 0.2) is 0 Å². The molecule has 5 nitrogen and oxygen atoms in total. The predicted molar refractivity (Wildman–Crippen MR) is 60.4 cm³/mol. The van der Waals surface area contributed by atoms with Crippen molar-refractivity contribution in [2.75, 3.05) is 13.1 Å². The van der Waals surface area contributed by atoms with Crippen LogP contribution in [-0.4, -0.2) is 23.9 Å². The summed E-state index contributed by atoms with van der Waals surface area (Å²) >= 11 is 0. The molecule has 82 valence electrons. The lowest BCUT2D eigenvalue weighted by atomic mass is 10.2. The summed E-state index contributed by atoms with van der Waals surface area (Å²) in [5, 5.41) is 3.49. The number of likely N-dealkylation sites (tertiary alicyclic amines) is 1. The maximum Gasteiger partial charge on any atom is 0.253 e. The number of carbonyl (C=O) groups is 1. The first kappa shape index (κ1) is 10.5. The fraction of sp³-hybridized carbons (Fsp3) is 0.364. The lowest BCUT2D eigenvalue weighted by Crippen LogP contribution is -2.27. The summed E-state index contributed by atoms with van der Waals surface area (Å²) in [6.07, 6.45) is 2.14. The molecule has 0 radical (unpaired) electrons. The number of rotatable bonds is 2. The molecule has 0 spiro atoms. The van der Waals surface area contributed by atoms with Crippen LogP contribution in [0, 0.1) is 0 Å². The molecule has 1 fully saturated rings. The first-order chi connectivity index (χ1) is 7.81. The van der Waals surface area contributed by atoms with Crippen LogP contribution in [0.2, 0.25) is 0 Å². The number of nitrogens with zero attached hydrogens (tertiary/aromatic N) is 4. The van der Waals surface area contributed by atoms with E-state index < -0.39 is 0 Å². The van der Waals surface area contributed by atoms with Gasteiger partial charge >= 0.3 is 0 Å². The van der Waals surface area contributed by atoms with E-state index in [9.17, 15) is 4.79 Å². The zero-order valence-corrected chi connectivity index (χ0v) is 8.83. The van der Waals surface area contributed by atoms with Gasteiger partial charge in [-0.1, -0.05) is 17.2 Å². The third-order valence-electron chi connectivity index (χ3n) is 2.65. The Bertz CT molecular complexity index is 445. The van der Waals surface area contributed by atoms with Crippen molar-refractivity contribution in [3.63, 3.8) is 0 Å². The van der Waals surface area contributed by atoms with Gasteiger partial charge in [-0.2, -0.15) is 0 Å². The standard InChI is InChI=1S/C11H12N4O/c12-14-13-10-5-3-4-9(8-10)11(16)15-6-1-2-7-15/h3-5,8H,1-2,6-7H2. The van der Waals surface area contributed by atoms with Gasteiger partial charge in [-0.25, -0.2) is 0 Å². The molecule has 0 aromatic heterocycles. The van der Waals surface area contributed by atoms with Gasteiger partial charge in [0.25, 0.3) is 5.91 Å². The van der Waals surface area contributed by atoms with E-state index in [0.29, 0.717) is 11.3 Å². The van der Waals surface area contributed by atoms with Crippen molar-refractivity contribution >= 4 is 11.6 Å². The number of hydrogen-bond donors (Lipinski definition) is 0. The third kappa shape index (κ3) is 2.15. The predicted octanol–water partition coefficient (Wildman–Crippen LogP) is 2.86. The van der Waals surface area contributed by atoms with Crippen LogP contribution >= 0.6 is 0 Å². The van der Waals surface area contributed by atoms with E-state index in [1.165, 1.54) is 0 Å². The molecule has 0 atom stereocenters. The van der Waals surface area contributed by atoms with Crippen LogP contribution in [0.25, 0.3) is 10.4 Å². The molecule has 1 amide bonds. The van der Waals surface area contributed by atoms with Crippen LogP contribution in [0.4, 0.5) is 5.69 Å².